The van der Waals surface area contributed by atoms with E-state index >= 15 is 0 Å². The number of aromatic nitrogens is 2. The molecule has 30 heavy (non-hydrogen) atoms. The van der Waals surface area contributed by atoms with Crippen LogP contribution in [0.1, 0.15) is 30.5 Å². The molecule has 2 aliphatic heterocycles. The van der Waals surface area contributed by atoms with Gasteiger partial charge < -0.3 is 0 Å². The summed E-state index contributed by atoms with van der Waals surface area (Å²) in [5.41, 5.74) is 8.86. The molecule has 0 atom stereocenters. The zero-order valence-electron chi connectivity index (χ0n) is 16.3. The van der Waals surface area contributed by atoms with Crippen LogP contribution in [-0.4, -0.2) is 27.9 Å². The summed E-state index contributed by atoms with van der Waals surface area (Å²) >= 11 is 20.8. The predicted molar refractivity (Wildman–Crippen MR) is 126 cm³/mol. The maximum atomic E-state index is 6.57. The Balaban J connectivity index is 1.59. The first-order valence-corrected chi connectivity index (χ1v) is 12.2. The van der Waals surface area contributed by atoms with E-state index in [0.717, 1.165) is 46.5 Å². The second-order valence-corrected chi connectivity index (χ2v) is 9.87. The van der Waals surface area contributed by atoms with Crippen LogP contribution < -0.4 is 5.43 Å². The van der Waals surface area contributed by atoms with Crippen molar-refractivity contribution in [3.05, 3.63) is 62.7 Å². The number of halogens is 3. The molecule has 0 spiro atoms. The lowest BCUT2D eigenvalue weighted by Crippen LogP contribution is -2.41. The fourth-order valence-electron chi connectivity index (χ4n) is 4.08. The Morgan fingerprint density at radius 3 is 2.53 bits per heavy atom. The SMILES string of the molecule is Clc1ccc(-n2nc(CNN3CCCCC3)c3c2-c2ccc(Cl)cc2CS3)c(Cl)c1. The Hall–Kier alpha value is -1.21. The van der Waals surface area contributed by atoms with Gasteiger partial charge in [-0.2, -0.15) is 5.10 Å². The van der Waals surface area contributed by atoms with E-state index in [2.05, 4.69) is 16.5 Å². The van der Waals surface area contributed by atoms with E-state index in [9.17, 15) is 0 Å². The minimum Gasteiger partial charge on any atom is -0.249 e. The summed E-state index contributed by atoms with van der Waals surface area (Å²) in [4.78, 5) is 1.19. The molecule has 156 valence electrons. The quantitative estimate of drug-likeness (QED) is 0.457. The first kappa shape index (κ1) is 20.7. The minimum atomic E-state index is 0.578. The molecule has 8 heteroatoms. The van der Waals surface area contributed by atoms with E-state index in [1.54, 1.807) is 6.07 Å². The molecule has 2 aliphatic rings. The molecule has 3 heterocycles. The molecule has 4 nitrogen and oxygen atoms in total. The Morgan fingerprint density at radius 1 is 0.967 bits per heavy atom. The van der Waals surface area contributed by atoms with Crippen molar-refractivity contribution in [2.75, 3.05) is 13.1 Å². The van der Waals surface area contributed by atoms with Crippen LogP contribution in [0.25, 0.3) is 16.9 Å². The Kier molecular flexibility index (Phi) is 6.02. The topological polar surface area (TPSA) is 33.1 Å². The number of hydrazine groups is 1. The number of rotatable bonds is 4. The van der Waals surface area contributed by atoms with Crippen LogP contribution in [0.2, 0.25) is 15.1 Å². The van der Waals surface area contributed by atoms with Crippen molar-refractivity contribution < 1.29 is 0 Å². The lowest BCUT2D eigenvalue weighted by molar-refractivity contribution is 0.150. The van der Waals surface area contributed by atoms with Crippen LogP contribution >= 0.6 is 46.6 Å². The summed E-state index contributed by atoms with van der Waals surface area (Å²) in [5, 5.41) is 9.25. The smallest absolute Gasteiger partial charge is 0.0923 e. The molecule has 0 unspecified atom stereocenters. The highest BCUT2D eigenvalue weighted by Crippen LogP contribution is 2.45. The maximum Gasteiger partial charge on any atom is 0.0923 e. The van der Waals surface area contributed by atoms with Gasteiger partial charge in [0.1, 0.15) is 0 Å². The van der Waals surface area contributed by atoms with Gasteiger partial charge in [-0.05, 0) is 48.7 Å². The molecule has 1 saturated heterocycles. The van der Waals surface area contributed by atoms with E-state index in [-0.39, 0.29) is 0 Å². The van der Waals surface area contributed by atoms with Gasteiger partial charge in [0, 0.05) is 34.5 Å². The minimum absolute atomic E-state index is 0.578. The van der Waals surface area contributed by atoms with Crippen molar-refractivity contribution in [3.63, 3.8) is 0 Å². The van der Waals surface area contributed by atoms with Crippen molar-refractivity contribution in [1.29, 1.82) is 0 Å². The molecule has 0 aliphatic carbocycles. The molecular formula is C22H21Cl3N4S. The number of piperidine rings is 1. The van der Waals surface area contributed by atoms with Crippen LogP contribution in [-0.2, 0) is 12.3 Å². The van der Waals surface area contributed by atoms with Gasteiger partial charge in [-0.15, -0.1) is 11.8 Å². The first-order valence-electron chi connectivity index (χ1n) is 10.1. The number of hydrogen-bond donors (Lipinski definition) is 1. The third-order valence-electron chi connectivity index (χ3n) is 5.57. The highest BCUT2D eigenvalue weighted by Gasteiger charge is 2.27. The summed E-state index contributed by atoms with van der Waals surface area (Å²) in [5.74, 6) is 0.875. The van der Waals surface area contributed by atoms with Gasteiger partial charge in [-0.3, -0.25) is 0 Å². The Morgan fingerprint density at radius 2 is 1.73 bits per heavy atom. The number of benzene rings is 2. The molecular weight excluding hydrogens is 459 g/mol. The molecule has 0 saturated carbocycles. The van der Waals surface area contributed by atoms with Crippen molar-refractivity contribution in [3.8, 4) is 16.9 Å². The average Bonchev–Trinajstić information content (AvgIpc) is 3.11. The van der Waals surface area contributed by atoms with Crippen LogP contribution in [0.15, 0.2) is 41.3 Å². The van der Waals surface area contributed by atoms with E-state index in [4.69, 9.17) is 39.9 Å². The molecule has 5 rings (SSSR count). The van der Waals surface area contributed by atoms with Crippen LogP contribution in [0.4, 0.5) is 0 Å². The molecule has 0 bridgehead atoms. The van der Waals surface area contributed by atoms with E-state index in [1.165, 1.54) is 29.7 Å². The normalized spacial score (nSPS) is 16.4. The van der Waals surface area contributed by atoms with Crippen molar-refractivity contribution in [1.82, 2.24) is 20.2 Å². The predicted octanol–water partition coefficient (Wildman–Crippen LogP) is 6.60. The lowest BCUT2D eigenvalue weighted by Gasteiger charge is -2.27. The van der Waals surface area contributed by atoms with Gasteiger partial charge in [0.2, 0.25) is 0 Å². The Labute approximate surface area is 195 Å². The molecule has 2 aromatic carbocycles. The Bertz CT molecular complexity index is 1090. The van der Waals surface area contributed by atoms with Gasteiger partial charge in [0.15, 0.2) is 0 Å². The third-order valence-corrected chi connectivity index (χ3v) is 7.51. The number of fused-ring (bicyclic) bond motifs is 3. The third kappa shape index (κ3) is 3.99. The van der Waals surface area contributed by atoms with Crippen molar-refractivity contribution in [2.24, 2.45) is 0 Å². The molecule has 0 amide bonds. The highest BCUT2D eigenvalue weighted by atomic mass is 35.5. The van der Waals surface area contributed by atoms with E-state index in [0.29, 0.717) is 16.6 Å². The van der Waals surface area contributed by atoms with Crippen molar-refractivity contribution >= 4 is 46.6 Å². The monoisotopic (exact) mass is 478 g/mol. The average molecular weight is 480 g/mol. The summed E-state index contributed by atoms with van der Waals surface area (Å²) in [6.45, 7) is 2.86. The zero-order chi connectivity index (χ0) is 20.7. The molecule has 0 radical (unpaired) electrons. The van der Waals surface area contributed by atoms with Gasteiger partial charge in [0.05, 0.1) is 33.5 Å². The van der Waals surface area contributed by atoms with Gasteiger partial charge in [-0.25, -0.2) is 15.1 Å². The fraction of sp³-hybridized carbons (Fsp3) is 0.318. The van der Waals surface area contributed by atoms with Crippen LogP contribution in [0, 0.1) is 0 Å². The van der Waals surface area contributed by atoms with Crippen LogP contribution in [0.5, 0.6) is 0 Å². The van der Waals surface area contributed by atoms with Gasteiger partial charge >= 0.3 is 0 Å². The first-order chi connectivity index (χ1) is 14.6. The summed E-state index contributed by atoms with van der Waals surface area (Å²) in [6.07, 6.45) is 3.79. The molecule has 1 fully saturated rings. The number of nitrogens with one attached hydrogen (secondary N) is 1. The molecule has 3 aromatic rings. The van der Waals surface area contributed by atoms with Gasteiger partial charge in [-0.1, -0.05) is 47.3 Å². The standard InChI is InChI=1S/C22H21Cl3N4S/c23-15-4-6-17-14(10-15)13-30-22-19(12-26-28-8-2-1-3-9-28)27-29(21(17)22)20-7-5-16(24)11-18(20)25/h4-7,10-11,26H,1-3,8-9,12-13H2. The van der Waals surface area contributed by atoms with E-state index < -0.39 is 0 Å². The number of thioether (sulfide) groups is 1. The second-order valence-electron chi connectivity index (χ2n) is 7.60. The summed E-state index contributed by atoms with van der Waals surface area (Å²) < 4.78 is 1.96. The maximum absolute atomic E-state index is 6.57. The van der Waals surface area contributed by atoms with E-state index in [1.807, 2.05) is 40.7 Å². The zero-order valence-corrected chi connectivity index (χ0v) is 19.4. The van der Waals surface area contributed by atoms with Gasteiger partial charge in [0.25, 0.3) is 0 Å². The second kappa shape index (κ2) is 8.73. The fourth-order valence-corrected chi connectivity index (χ4v) is 5.92. The number of nitrogens with zero attached hydrogens (tertiary/aromatic N) is 3. The largest absolute Gasteiger partial charge is 0.249 e. The summed E-state index contributed by atoms with van der Waals surface area (Å²) in [6, 6.07) is 11.6. The summed E-state index contributed by atoms with van der Waals surface area (Å²) in [7, 11) is 0. The van der Waals surface area contributed by atoms with Crippen LogP contribution in [0.3, 0.4) is 0 Å². The highest BCUT2D eigenvalue weighted by molar-refractivity contribution is 7.98. The molecule has 1 aromatic heterocycles. The molecule has 1 N–H and O–H groups in total. The lowest BCUT2D eigenvalue weighted by atomic mass is 10.0. The van der Waals surface area contributed by atoms with Crippen molar-refractivity contribution in [2.45, 2.75) is 36.5 Å². The number of hydrogen-bond acceptors (Lipinski definition) is 4.